The van der Waals surface area contributed by atoms with E-state index in [2.05, 4.69) is 11.6 Å². The standard InChI is InChI=1S/C23H24ClFN4O4/c1-4-7-18(17(25)5-2)33-22-26-20-19(29(22)14-15-8-10-16(24)11-9-15)21(31)28(12-6-13-30)23(32)27(20)3/h4-5,7-11,30H,2,6,12-14H2,1,3H3/b7-4-,18-17-. The smallest absolute Gasteiger partial charge is 0.332 e. The number of rotatable bonds is 9. The average molecular weight is 475 g/mol. The topological polar surface area (TPSA) is 91.3 Å². The zero-order valence-corrected chi connectivity index (χ0v) is 19.0. The van der Waals surface area contributed by atoms with Crippen LogP contribution in [0.15, 0.2) is 70.2 Å². The molecule has 0 atom stereocenters. The van der Waals surface area contributed by atoms with E-state index in [-0.39, 0.29) is 49.1 Å². The molecule has 0 radical (unpaired) electrons. The Morgan fingerprint density at radius 3 is 2.58 bits per heavy atom. The molecule has 10 heteroatoms. The number of nitrogens with zero attached hydrogens (tertiary/aromatic N) is 4. The first-order chi connectivity index (χ1) is 15.8. The second-order valence-corrected chi connectivity index (χ2v) is 7.61. The number of hydrogen-bond acceptors (Lipinski definition) is 5. The van der Waals surface area contributed by atoms with Gasteiger partial charge < -0.3 is 9.84 Å². The summed E-state index contributed by atoms with van der Waals surface area (Å²) in [6, 6.07) is 6.88. The van der Waals surface area contributed by atoms with Crippen molar-refractivity contribution in [1.82, 2.24) is 18.7 Å². The van der Waals surface area contributed by atoms with Crippen LogP contribution in [0, 0.1) is 0 Å². The Morgan fingerprint density at radius 1 is 1.27 bits per heavy atom. The molecule has 8 nitrogen and oxygen atoms in total. The van der Waals surface area contributed by atoms with E-state index < -0.39 is 17.1 Å². The fourth-order valence-electron chi connectivity index (χ4n) is 3.29. The van der Waals surface area contributed by atoms with Gasteiger partial charge in [0.05, 0.1) is 6.54 Å². The molecular weight excluding hydrogens is 451 g/mol. The van der Waals surface area contributed by atoms with Gasteiger partial charge in [-0.3, -0.25) is 18.5 Å². The minimum atomic E-state index is -0.715. The zero-order chi connectivity index (χ0) is 24.1. The van der Waals surface area contributed by atoms with Gasteiger partial charge in [0.25, 0.3) is 5.56 Å². The lowest BCUT2D eigenvalue weighted by molar-refractivity contribution is 0.277. The van der Waals surface area contributed by atoms with E-state index in [0.29, 0.717) is 5.02 Å². The number of allylic oxidation sites excluding steroid dienone is 4. The highest BCUT2D eigenvalue weighted by molar-refractivity contribution is 6.30. The largest absolute Gasteiger partial charge is 0.422 e. The third kappa shape index (κ3) is 4.99. The highest BCUT2D eigenvalue weighted by atomic mass is 35.5. The molecular formula is C23H24ClFN4O4. The van der Waals surface area contributed by atoms with Crippen LogP contribution in [-0.2, 0) is 20.1 Å². The SMILES string of the molecule is C=C/C(F)=C(\C=C/C)Oc1nc2c(c(=O)n(CCCO)c(=O)n2C)n1Cc1ccc(Cl)cc1. The molecule has 2 aromatic heterocycles. The van der Waals surface area contributed by atoms with Crippen LogP contribution in [0.25, 0.3) is 11.2 Å². The lowest BCUT2D eigenvalue weighted by atomic mass is 10.2. The van der Waals surface area contributed by atoms with Crippen LogP contribution in [-0.4, -0.2) is 30.4 Å². The summed E-state index contributed by atoms with van der Waals surface area (Å²) in [5, 5.41) is 9.71. The molecule has 174 valence electrons. The van der Waals surface area contributed by atoms with Gasteiger partial charge in [-0.05, 0) is 43.2 Å². The number of aliphatic hydroxyl groups is 1. The van der Waals surface area contributed by atoms with Crippen LogP contribution in [0.4, 0.5) is 4.39 Å². The summed E-state index contributed by atoms with van der Waals surface area (Å²) in [6.07, 6.45) is 4.22. The van der Waals surface area contributed by atoms with E-state index in [0.717, 1.165) is 16.2 Å². The number of imidazole rings is 1. The van der Waals surface area contributed by atoms with Crippen LogP contribution >= 0.6 is 11.6 Å². The van der Waals surface area contributed by atoms with Crippen molar-refractivity contribution in [2.45, 2.75) is 26.4 Å². The van der Waals surface area contributed by atoms with Crippen LogP contribution in [0.1, 0.15) is 18.9 Å². The van der Waals surface area contributed by atoms with Crippen LogP contribution < -0.4 is 16.0 Å². The molecule has 0 aliphatic heterocycles. The van der Waals surface area contributed by atoms with Crippen molar-refractivity contribution in [2.24, 2.45) is 7.05 Å². The lowest BCUT2D eigenvalue weighted by Gasteiger charge is -2.12. The predicted molar refractivity (Wildman–Crippen MR) is 125 cm³/mol. The van der Waals surface area contributed by atoms with Crippen LogP contribution in [0.2, 0.25) is 5.02 Å². The summed E-state index contributed by atoms with van der Waals surface area (Å²) in [4.78, 5) is 30.4. The Balaban J connectivity index is 2.30. The van der Waals surface area contributed by atoms with E-state index >= 15 is 0 Å². The fourth-order valence-corrected chi connectivity index (χ4v) is 3.41. The maximum Gasteiger partial charge on any atom is 0.332 e. The molecule has 1 aromatic carbocycles. The Bertz CT molecular complexity index is 1350. The predicted octanol–water partition coefficient (Wildman–Crippen LogP) is 3.30. The molecule has 3 aromatic rings. The second kappa shape index (κ2) is 10.5. The van der Waals surface area contributed by atoms with Crippen molar-refractivity contribution >= 4 is 22.8 Å². The molecule has 0 saturated heterocycles. The van der Waals surface area contributed by atoms with Crippen molar-refractivity contribution < 1.29 is 14.2 Å². The van der Waals surface area contributed by atoms with Gasteiger partial charge in [-0.25, -0.2) is 9.18 Å². The maximum absolute atomic E-state index is 14.3. The molecule has 0 amide bonds. The number of fused-ring (bicyclic) bond motifs is 1. The van der Waals surface area contributed by atoms with E-state index in [1.165, 1.54) is 22.3 Å². The van der Waals surface area contributed by atoms with E-state index in [4.69, 9.17) is 21.4 Å². The third-order valence-corrected chi connectivity index (χ3v) is 5.18. The van der Waals surface area contributed by atoms with Crippen molar-refractivity contribution in [3.8, 4) is 6.01 Å². The van der Waals surface area contributed by atoms with Crippen molar-refractivity contribution in [3.63, 3.8) is 0 Å². The highest BCUT2D eigenvalue weighted by Crippen LogP contribution is 2.24. The quantitative estimate of drug-likeness (QED) is 0.379. The monoisotopic (exact) mass is 474 g/mol. The summed E-state index contributed by atoms with van der Waals surface area (Å²) in [5.41, 5.74) is -0.185. The molecule has 0 saturated carbocycles. The van der Waals surface area contributed by atoms with Gasteiger partial charge in [0.2, 0.25) is 0 Å². The molecule has 3 rings (SSSR count). The maximum atomic E-state index is 14.3. The Morgan fingerprint density at radius 2 is 1.97 bits per heavy atom. The average Bonchev–Trinajstić information content (AvgIpc) is 3.16. The number of hydrogen-bond donors (Lipinski definition) is 1. The molecule has 33 heavy (non-hydrogen) atoms. The third-order valence-electron chi connectivity index (χ3n) is 4.93. The van der Waals surface area contributed by atoms with Crippen molar-refractivity contribution in [1.29, 1.82) is 0 Å². The number of halogens is 2. The lowest BCUT2D eigenvalue weighted by Crippen LogP contribution is -2.39. The molecule has 0 spiro atoms. The van der Waals surface area contributed by atoms with Crippen LogP contribution in [0.5, 0.6) is 6.01 Å². The van der Waals surface area contributed by atoms with Gasteiger partial charge in [0.15, 0.2) is 22.7 Å². The normalized spacial score (nSPS) is 12.4. The first-order valence-corrected chi connectivity index (χ1v) is 10.6. The minimum Gasteiger partial charge on any atom is -0.422 e. The molecule has 2 heterocycles. The summed E-state index contributed by atoms with van der Waals surface area (Å²) < 4.78 is 23.8. The summed E-state index contributed by atoms with van der Waals surface area (Å²) in [5.74, 6) is -0.863. The number of aryl methyl sites for hydroxylation is 1. The number of aliphatic hydroxyl groups excluding tert-OH is 1. The minimum absolute atomic E-state index is 0.0368. The number of benzene rings is 1. The molecule has 0 fully saturated rings. The van der Waals surface area contributed by atoms with E-state index in [9.17, 15) is 14.0 Å². The van der Waals surface area contributed by atoms with Gasteiger partial charge in [-0.2, -0.15) is 4.98 Å². The number of ether oxygens (including phenoxy) is 1. The Kier molecular flexibility index (Phi) is 7.67. The molecule has 0 aliphatic carbocycles. The second-order valence-electron chi connectivity index (χ2n) is 7.17. The first-order valence-electron chi connectivity index (χ1n) is 10.2. The summed E-state index contributed by atoms with van der Waals surface area (Å²) in [7, 11) is 1.48. The molecule has 0 unspecified atom stereocenters. The van der Waals surface area contributed by atoms with E-state index in [1.807, 2.05) is 0 Å². The number of aromatic nitrogens is 4. The fraction of sp³-hybridized carbons (Fsp3) is 0.261. The zero-order valence-electron chi connectivity index (χ0n) is 18.3. The molecule has 1 N–H and O–H groups in total. The van der Waals surface area contributed by atoms with Gasteiger partial charge in [-0.1, -0.05) is 36.4 Å². The van der Waals surface area contributed by atoms with Gasteiger partial charge in [-0.15, -0.1) is 0 Å². The van der Waals surface area contributed by atoms with Gasteiger partial charge in [0, 0.05) is 25.2 Å². The van der Waals surface area contributed by atoms with Gasteiger partial charge >= 0.3 is 11.7 Å². The van der Waals surface area contributed by atoms with Crippen molar-refractivity contribution in [3.05, 3.63) is 92.1 Å². The summed E-state index contributed by atoms with van der Waals surface area (Å²) >= 11 is 5.99. The summed E-state index contributed by atoms with van der Waals surface area (Å²) in [6.45, 7) is 5.12. The van der Waals surface area contributed by atoms with Crippen LogP contribution in [0.3, 0.4) is 0 Å². The van der Waals surface area contributed by atoms with Crippen molar-refractivity contribution in [2.75, 3.05) is 6.61 Å². The van der Waals surface area contributed by atoms with Gasteiger partial charge in [0.1, 0.15) is 0 Å². The van der Waals surface area contributed by atoms with E-state index in [1.54, 1.807) is 37.3 Å². The Hall–Kier alpha value is -3.43. The first kappa shape index (κ1) is 24.2. The molecule has 0 bridgehead atoms. The Labute approximate surface area is 194 Å². The highest BCUT2D eigenvalue weighted by Gasteiger charge is 2.22. The molecule has 0 aliphatic rings.